The van der Waals surface area contributed by atoms with Crippen LogP contribution in [-0.2, 0) is 6.42 Å². The number of carbonyl (C=O) groups is 1. The number of aromatic nitrogens is 1. The highest BCUT2D eigenvalue weighted by molar-refractivity contribution is 5.89. The molecule has 2 N–H and O–H groups in total. The second-order valence-electron chi connectivity index (χ2n) is 7.97. The highest BCUT2D eigenvalue weighted by atomic mass is 19.4. The standard InChI is InChI=1S/C20H26F3N3O2/c1-19(2)12-26(10-8-16(19)20(21,22)23)18(27)24-9-7-13-11-25-14-5-4-6-15(28-3)17(13)14/h4-6,11,16,25H,7-10,12H2,1-3H3,(H,24,27)/t16-/m0/s1. The molecule has 28 heavy (non-hydrogen) atoms. The van der Waals surface area contributed by atoms with Gasteiger partial charge in [0.05, 0.1) is 13.0 Å². The summed E-state index contributed by atoms with van der Waals surface area (Å²) in [7, 11) is 1.61. The smallest absolute Gasteiger partial charge is 0.392 e. The first-order chi connectivity index (χ1) is 13.1. The lowest BCUT2D eigenvalue weighted by atomic mass is 9.73. The van der Waals surface area contributed by atoms with Gasteiger partial charge in [-0.25, -0.2) is 4.79 Å². The van der Waals surface area contributed by atoms with Crippen LogP contribution in [0.5, 0.6) is 5.75 Å². The van der Waals surface area contributed by atoms with Crippen LogP contribution in [0, 0.1) is 11.3 Å². The molecule has 1 aliphatic rings. The molecule has 0 saturated carbocycles. The van der Waals surface area contributed by atoms with Crippen molar-refractivity contribution in [1.82, 2.24) is 15.2 Å². The van der Waals surface area contributed by atoms with Crippen molar-refractivity contribution in [2.75, 3.05) is 26.7 Å². The lowest BCUT2D eigenvalue weighted by Crippen LogP contribution is -2.54. The molecule has 1 saturated heterocycles. The summed E-state index contributed by atoms with van der Waals surface area (Å²) in [5.41, 5.74) is 0.971. The van der Waals surface area contributed by atoms with Gasteiger partial charge in [0.2, 0.25) is 0 Å². The molecule has 2 aromatic rings. The molecule has 0 spiro atoms. The number of nitrogens with zero attached hydrogens (tertiary/aromatic N) is 1. The van der Waals surface area contributed by atoms with Gasteiger partial charge in [0, 0.05) is 36.7 Å². The van der Waals surface area contributed by atoms with E-state index in [-0.39, 0.29) is 25.5 Å². The Morgan fingerprint density at radius 3 is 2.79 bits per heavy atom. The van der Waals surface area contributed by atoms with Crippen molar-refractivity contribution >= 4 is 16.9 Å². The maximum absolute atomic E-state index is 13.2. The molecule has 1 aromatic heterocycles. The van der Waals surface area contributed by atoms with E-state index in [0.29, 0.717) is 13.0 Å². The van der Waals surface area contributed by atoms with Gasteiger partial charge < -0.3 is 19.9 Å². The van der Waals surface area contributed by atoms with Crippen LogP contribution in [0.25, 0.3) is 10.9 Å². The van der Waals surface area contributed by atoms with Crippen LogP contribution in [0.15, 0.2) is 24.4 Å². The van der Waals surface area contributed by atoms with E-state index in [1.54, 1.807) is 21.0 Å². The number of likely N-dealkylation sites (tertiary alicyclic amines) is 1. The number of fused-ring (bicyclic) bond motifs is 1. The molecule has 1 fully saturated rings. The number of amides is 2. The van der Waals surface area contributed by atoms with Crippen LogP contribution >= 0.6 is 0 Å². The summed E-state index contributed by atoms with van der Waals surface area (Å²) < 4.78 is 44.9. The van der Waals surface area contributed by atoms with Gasteiger partial charge in [-0.3, -0.25) is 0 Å². The van der Waals surface area contributed by atoms with E-state index >= 15 is 0 Å². The number of urea groups is 1. The van der Waals surface area contributed by atoms with E-state index in [1.165, 1.54) is 4.90 Å². The molecule has 2 amide bonds. The van der Waals surface area contributed by atoms with Crippen LogP contribution in [0.1, 0.15) is 25.8 Å². The summed E-state index contributed by atoms with van der Waals surface area (Å²) in [5.74, 6) is -0.626. The lowest BCUT2D eigenvalue weighted by Gasteiger charge is -2.44. The summed E-state index contributed by atoms with van der Waals surface area (Å²) >= 11 is 0. The minimum absolute atomic E-state index is 0.0659. The van der Waals surface area contributed by atoms with Crippen LogP contribution in [0.3, 0.4) is 0 Å². The number of benzene rings is 1. The number of halogens is 3. The van der Waals surface area contributed by atoms with Gasteiger partial charge in [0.25, 0.3) is 0 Å². The summed E-state index contributed by atoms with van der Waals surface area (Å²) in [4.78, 5) is 17.1. The molecule has 0 radical (unpaired) electrons. The van der Waals surface area contributed by atoms with Crippen molar-refractivity contribution in [1.29, 1.82) is 0 Å². The number of nitrogens with one attached hydrogen (secondary N) is 2. The lowest BCUT2D eigenvalue weighted by molar-refractivity contribution is -0.214. The number of alkyl halides is 3. The van der Waals surface area contributed by atoms with Gasteiger partial charge in [0.1, 0.15) is 5.75 Å². The Hall–Kier alpha value is -2.38. The fraction of sp³-hybridized carbons (Fsp3) is 0.550. The van der Waals surface area contributed by atoms with E-state index in [1.807, 2.05) is 24.4 Å². The summed E-state index contributed by atoms with van der Waals surface area (Å²) in [6.45, 7) is 3.74. The molecule has 154 valence electrons. The van der Waals surface area contributed by atoms with Crippen molar-refractivity contribution in [2.45, 2.75) is 32.9 Å². The summed E-state index contributed by atoms with van der Waals surface area (Å²) in [6, 6.07) is 5.41. The van der Waals surface area contributed by atoms with Crippen molar-refractivity contribution < 1.29 is 22.7 Å². The second kappa shape index (κ2) is 7.56. The van der Waals surface area contributed by atoms with Crippen molar-refractivity contribution in [2.24, 2.45) is 11.3 Å². The van der Waals surface area contributed by atoms with Crippen LogP contribution < -0.4 is 10.1 Å². The normalized spacial score (nSPS) is 19.6. The summed E-state index contributed by atoms with van der Waals surface area (Å²) in [5, 5.41) is 3.81. The number of ether oxygens (including phenoxy) is 1. The molecule has 0 bridgehead atoms. The average molecular weight is 397 g/mol. The van der Waals surface area contributed by atoms with Gasteiger partial charge in [-0.15, -0.1) is 0 Å². The van der Waals surface area contributed by atoms with Gasteiger partial charge in [0.15, 0.2) is 0 Å². The Bertz CT molecular complexity index is 845. The SMILES string of the molecule is COc1cccc2[nH]cc(CCNC(=O)N3CC[C@H](C(F)(F)F)C(C)(C)C3)c12. The first-order valence-electron chi connectivity index (χ1n) is 9.36. The number of hydrogen-bond donors (Lipinski definition) is 2. The summed E-state index contributed by atoms with van der Waals surface area (Å²) in [6.07, 6.45) is -1.82. The molecule has 0 unspecified atom stereocenters. The third-order valence-corrected chi connectivity index (χ3v) is 5.55. The second-order valence-corrected chi connectivity index (χ2v) is 7.97. The maximum atomic E-state index is 13.2. The van der Waals surface area contributed by atoms with Crippen molar-refractivity contribution in [3.05, 3.63) is 30.0 Å². The predicted molar refractivity (Wildman–Crippen MR) is 101 cm³/mol. The van der Waals surface area contributed by atoms with E-state index in [9.17, 15) is 18.0 Å². The zero-order chi connectivity index (χ0) is 20.5. The third kappa shape index (κ3) is 4.05. The van der Waals surface area contributed by atoms with Crippen LogP contribution in [0.2, 0.25) is 0 Å². The van der Waals surface area contributed by atoms with Gasteiger partial charge in [-0.05, 0) is 36.0 Å². The van der Waals surface area contributed by atoms with Gasteiger partial charge in [-0.1, -0.05) is 19.9 Å². The number of carbonyl (C=O) groups excluding carboxylic acids is 1. The minimum atomic E-state index is -4.24. The largest absolute Gasteiger partial charge is 0.496 e. The fourth-order valence-electron chi connectivity index (χ4n) is 4.14. The molecular formula is C20H26F3N3O2. The Morgan fingerprint density at radius 2 is 2.14 bits per heavy atom. The Morgan fingerprint density at radius 1 is 1.39 bits per heavy atom. The highest BCUT2D eigenvalue weighted by Gasteiger charge is 2.51. The first kappa shape index (κ1) is 20.4. The van der Waals surface area contributed by atoms with Gasteiger partial charge in [-0.2, -0.15) is 13.2 Å². The molecule has 1 aliphatic heterocycles. The van der Waals surface area contributed by atoms with Crippen molar-refractivity contribution in [3.63, 3.8) is 0 Å². The Labute approximate surface area is 162 Å². The predicted octanol–water partition coefficient (Wildman–Crippen LogP) is 4.34. The average Bonchev–Trinajstić information content (AvgIpc) is 3.03. The highest BCUT2D eigenvalue weighted by Crippen LogP contribution is 2.45. The van der Waals surface area contributed by atoms with Gasteiger partial charge >= 0.3 is 12.2 Å². The number of methoxy groups -OCH3 is 1. The third-order valence-electron chi connectivity index (χ3n) is 5.55. The van der Waals surface area contributed by atoms with E-state index in [4.69, 9.17) is 4.74 Å². The molecule has 2 heterocycles. The monoisotopic (exact) mass is 397 g/mol. The number of piperidine rings is 1. The molecule has 8 heteroatoms. The Kier molecular flexibility index (Phi) is 5.50. The topological polar surface area (TPSA) is 57.4 Å². The number of H-pyrrole nitrogens is 1. The van der Waals surface area contributed by atoms with E-state index < -0.39 is 17.5 Å². The zero-order valence-corrected chi connectivity index (χ0v) is 16.3. The number of rotatable bonds is 4. The number of hydrogen-bond acceptors (Lipinski definition) is 2. The Balaban J connectivity index is 1.59. The molecule has 3 rings (SSSR count). The molecule has 5 nitrogen and oxygen atoms in total. The van der Waals surface area contributed by atoms with E-state index in [2.05, 4.69) is 10.3 Å². The molecule has 0 aliphatic carbocycles. The zero-order valence-electron chi connectivity index (χ0n) is 16.3. The number of aromatic amines is 1. The first-order valence-corrected chi connectivity index (χ1v) is 9.36. The molecule has 1 aromatic carbocycles. The maximum Gasteiger partial charge on any atom is 0.392 e. The van der Waals surface area contributed by atoms with Crippen LogP contribution in [0.4, 0.5) is 18.0 Å². The molecule has 1 atom stereocenters. The van der Waals surface area contributed by atoms with Crippen molar-refractivity contribution in [3.8, 4) is 5.75 Å². The van der Waals surface area contributed by atoms with E-state index in [0.717, 1.165) is 22.2 Å². The minimum Gasteiger partial charge on any atom is -0.496 e. The molecular weight excluding hydrogens is 371 g/mol. The quantitative estimate of drug-likeness (QED) is 0.806. The van der Waals surface area contributed by atoms with Crippen LogP contribution in [-0.4, -0.2) is 48.8 Å². The fourth-order valence-corrected chi connectivity index (χ4v) is 4.14.